The summed E-state index contributed by atoms with van der Waals surface area (Å²) in [4.78, 5) is 19.4. The van der Waals surface area contributed by atoms with Gasteiger partial charge < -0.3 is 5.32 Å². The lowest BCUT2D eigenvalue weighted by molar-refractivity contribution is -0.120. The van der Waals surface area contributed by atoms with Gasteiger partial charge in [-0.2, -0.15) is 0 Å². The molecular weight excluding hydrogens is 346 g/mol. The number of aromatic nitrogens is 3. The van der Waals surface area contributed by atoms with Crippen molar-refractivity contribution >= 4 is 17.7 Å². The van der Waals surface area contributed by atoms with Crippen LogP contribution in [0.25, 0.3) is 0 Å². The number of hydrogen-bond acceptors (Lipinski definition) is 5. The van der Waals surface area contributed by atoms with Crippen molar-refractivity contribution in [2.75, 3.05) is 13.1 Å². The third-order valence-corrected chi connectivity index (χ3v) is 5.93. The molecule has 7 heteroatoms. The molecule has 0 spiro atoms. The summed E-state index contributed by atoms with van der Waals surface area (Å²) in [7, 11) is 0. The highest BCUT2D eigenvalue weighted by Gasteiger charge is 2.29. The second-order valence-corrected chi connectivity index (χ2v) is 8.56. The van der Waals surface area contributed by atoms with Gasteiger partial charge in [0.1, 0.15) is 5.82 Å². The van der Waals surface area contributed by atoms with Gasteiger partial charge in [-0.15, -0.1) is 5.10 Å². The molecule has 2 fully saturated rings. The number of thioether (sulfide) groups is 1. The van der Waals surface area contributed by atoms with Crippen LogP contribution in [0.2, 0.25) is 0 Å². The zero-order chi connectivity index (χ0) is 17.9. The molecule has 2 aromatic rings. The molecule has 1 aromatic heterocycles. The second kappa shape index (κ2) is 7.80. The molecule has 6 nitrogen and oxygen atoms in total. The highest BCUT2D eigenvalue weighted by molar-refractivity contribution is 8.00. The highest BCUT2D eigenvalue weighted by Crippen LogP contribution is 2.38. The molecule has 2 heterocycles. The van der Waals surface area contributed by atoms with Crippen molar-refractivity contribution in [3.63, 3.8) is 0 Å². The average Bonchev–Trinajstić information content (AvgIpc) is 3.24. The number of nitrogens with one attached hydrogen (secondary N) is 2. The fourth-order valence-electron chi connectivity index (χ4n) is 3.32. The van der Waals surface area contributed by atoms with Crippen molar-refractivity contribution in [2.45, 2.75) is 55.1 Å². The summed E-state index contributed by atoms with van der Waals surface area (Å²) in [6.07, 6.45) is 3.38. The van der Waals surface area contributed by atoms with Crippen LogP contribution in [-0.4, -0.2) is 50.4 Å². The van der Waals surface area contributed by atoms with Crippen LogP contribution in [0.4, 0.5) is 0 Å². The molecule has 1 aliphatic carbocycles. The molecule has 0 bridgehead atoms. The quantitative estimate of drug-likeness (QED) is 0.732. The predicted octanol–water partition coefficient (Wildman–Crippen LogP) is 2.55. The summed E-state index contributed by atoms with van der Waals surface area (Å²) >= 11 is 1.43. The molecule has 2 N–H and O–H groups in total. The van der Waals surface area contributed by atoms with Gasteiger partial charge >= 0.3 is 0 Å². The number of rotatable bonds is 7. The van der Waals surface area contributed by atoms with E-state index in [1.165, 1.54) is 30.2 Å². The summed E-state index contributed by atoms with van der Waals surface area (Å²) in [5.41, 5.74) is 1.32. The fourth-order valence-corrected chi connectivity index (χ4v) is 4.06. The van der Waals surface area contributed by atoms with E-state index in [2.05, 4.69) is 49.7 Å². The third-order valence-electron chi connectivity index (χ3n) is 4.97. The molecule has 26 heavy (non-hydrogen) atoms. The Morgan fingerprint density at radius 3 is 2.92 bits per heavy atom. The first-order valence-corrected chi connectivity index (χ1v) is 10.2. The summed E-state index contributed by atoms with van der Waals surface area (Å²) in [6, 6.07) is 10.7. The van der Waals surface area contributed by atoms with E-state index >= 15 is 0 Å². The van der Waals surface area contributed by atoms with Gasteiger partial charge in [0.2, 0.25) is 11.1 Å². The topological polar surface area (TPSA) is 73.9 Å². The van der Waals surface area contributed by atoms with Crippen LogP contribution in [0.1, 0.15) is 43.5 Å². The zero-order valence-corrected chi connectivity index (χ0v) is 15.8. The normalized spacial score (nSPS) is 21.7. The number of carbonyl (C=O) groups excluding carboxylic acids is 1. The minimum Gasteiger partial charge on any atom is -0.351 e. The predicted molar refractivity (Wildman–Crippen MR) is 102 cm³/mol. The number of aromatic amines is 1. The largest absolute Gasteiger partial charge is 0.351 e. The number of carbonyl (C=O) groups is 1. The Morgan fingerprint density at radius 1 is 1.35 bits per heavy atom. The van der Waals surface area contributed by atoms with Crippen LogP contribution in [0.5, 0.6) is 0 Å². The SMILES string of the molecule is CC(Sc1n[nH]c(C2CC2)n1)C(=O)NC1CCN(Cc2ccccc2)C1. The van der Waals surface area contributed by atoms with E-state index < -0.39 is 0 Å². The van der Waals surface area contributed by atoms with E-state index in [-0.39, 0.29) is 17.2 Å². The van der Waals surface area contributed by atoms with Crippen molar-refractivity contribution in [1.82, 2.24) is 25.4 Å². The maximum atomic E-state index is 12.5. The lowest BCUT2D eigenvalue weighted by atomic mass is 10.2. The van der Waals surface area contributed by atoms with Gasteiger partial charge in [0.15, 0.2) is 0 Å². The number of amides is 1. The molecule has 2 unspecified atom stereocenters. The molecule has 0 radical (unpaired) electrons. The minimum absolute atomic E-state index is 0.0688. The number of hydrogen-bond donors (Lipinski definition) is 2. The van der Waals surface area contributed by atoms with Gasteiger partial charge in [0.05, 0.1) is 5.25 Å². The van der Waals surface area contributed by atoms with Gasteiger partial charge in [0.25, 0.3) is 0 Å². The highest BCUT2D eigenvalue weighted by atomic mass is 32.2. The lowest BCUT2D eigenvalue weighted by Gasteiger charge is -2.18. The Kier molecular flexibility index (Phi) is 5.26. The molecule has 1 aromatic carbocycles. The van der Waals surface area contributed by atoms with Crippen LogP contribution >= 0.6 is 11.8 Å². The number of likely N-dealkylation sites (tertiary alicyclic amines) is 1. The monoisotopic (exact) mass is 371 g/mol. The van der Waals surface area contributed by atoms with Crippen molar-refractivity contribution in [3.8, 4) is 0 Å². The minimum atomic E-state index is -0.193. The average molecular weight is 372 g/mol. The van der Waals surface area contributed by atoms with Crippen LogP contribution < -0.4 is 5.32 Å². The summed E-state index contributed by atoms with van der Waals surface area (Å²) in [5, 5.41) is 10.9. The molecular formula is C19H25N5OS. The van der Waals surface area contributed by atoms with Crippen LogP contribution in [-0.2, 0) is 11.3 Å². The summed E-state index contributed by atoms with van der Waals surface area (Å²) in [5.74, 6) is 1.59. The Morgan fingerprint density at radius 2 is 2.15 bits per heavy atom. The maximum Gasteiger partial charge on any atom is 0.233 e. The fraction of sp³-hybridized carbons (Fsp3) is 0.526. The molecule has 138 valence electrons. The van der Waals surface area contributed by atoms with Crippen LogP contribution in [0.3, 0.4) is 0 Å². The van der Waals surface area contributed by atoms with Gasteiger partial charge in [-0.3, -0.25) is 14.8 Å². The van der Waals surface area contributed by atoms with Crippen molar-refractivity contribution in [3.05, 3.63) is 41.7 Å². The van der Waals surface area contributed by atoms with Gasteiger partial charge in [-0.25, -0.2) is 4.98 Å². The number of nitrogens with zero attached hydrogens (tertiary/aromatic N) is 3. The molecule has 1 amide bonds. The Labute approximate surface area is 158 Å². The van der Waals surface area contributed by atoms with E-state index in [4.69, 9.17) is 0 Å². The Hall–Kier alpha value is -1.86. The zero-order valence-electron chi connectivity index (χ0n) is 15.0. The Balaban J connectivity index is 1.23. The number of H-pyrrole nitrogens is 1. The van der Waals surface area contributed by atoms with E-state index in [9.17, 15) is 4.79 Å². The first-order valence-electron chi connectivity index (χ1n) is 9.33. The van der Waals surface area contributed by atoms with Crippen molar-refractivity contribution in [2.24, 2.45) is 0 Å². The van der Waals surface area contributed by atoms with Gasteiger partial charge in [0, 0.05) is 31.6 Å². The van der Waals surface area contributed by atoms with E-state index in [1.54, 1.807) is 0 Å². The smallest absolute Gasteiger partial charge is 0.233 e. The standard InChI is InChI=1S/C19H25N5OS/c1-13(26-19-21-17(22-23-19)15-7-8-15)18(25)20-16-9-10-24(12-16)11-14-5-3-2-4-6-14/h2-6,13,15-16H,7-12H2,1H3,(H,20,25)(H,21,22,23). The third kappa shape index (κ3) is 4.45. The second-order valence-electron chi connectivity index (χ2n) is 7.25. The lowest BCUT2D eigenvalue weighted by Crippen LogP contribution is -2.40. The van der Waals surface area contributed by atoms with E-state index in [0.29, 0.717) is 11.1 Å². The number of benzene rings is 1. The van der Waals surface area contributed by atoms with Crippen molar-refractivity contribution in [1.29, 1.82) is 0 Å². The molecule has 4 rings (SSSR count). The summed E-state index contributed by atoms with van der Waals surface area (Å²) < 4.78 is 0. The molecule has 1 saturated carbocycles. The van der Waals surface area contributed by atoms with Gasteiger partial charge in [-0.05, 0) is 31.7 Å². The molecule has 1 saturated heterocycles. The van der Waals surface area contributed by atoms with Gasteiger partial charge in [-0.1, -0.05) is 42.1 Å². The van der Waals surface area contributed by atoms with Crippen LogP contribution in [0.15, 0.2) is 35.5 Å². The van der Waals surface area contributed by atoms with E-state index in [0.717, 1.165) is 31.9 Å². The summed E-state index contributed by atoms with van der Waals surface area (Å²) in [6.45, 7) is 4.79. The molecule has 1 aliphatic heterocycles. The Bertz CT molecular complexity index is 745. The van der Waals surface area contributed by atoms with Crippen LogP contribution in [0, 0.1) is 0 Å². The van der Waals surface area contributed by atoms with Crippen molar-refractivity contribution < 1.29 is 4.79 Å². The maximum absolute atomic E-state index is 12.5. The molecule has 2 atom stereocenters. The first-order chi connectivity index (χ1) is 12.7. The molecule has 2 aliphatic rings. The first kappa shape index (κ1) is 17.5. The van der Waals surface area contributed by atoms with E-state index in [1.807, 2.05) is 13.0 Å².